The number of rotatable bonds is 0. The molecule has 0 aliphatic carbocycles. The molecule has 14 heavy (non-hydrogen) atoms. The van der Waals surface area contributed by atoms with Crippen LogP contribution in [0.4, 0.5) is 5.82 Å². The summed E-state index contributed by atoms with van der Waals surface area (Å²) in [7, 11) is 1.81. The van der Waals surface area contributed by atoms with Crippen molar-refractivity contribution in [2.45, 2.75) is 0 Å². The van der Waals surface area contributed by atoms with E-state index in [9.17, 15) is 0 Å². The SMILES string of the molecule is Cn1nc2c(oc3ccccc32)c1N. The molecule has 0 amide bonds. The highest BCUT2D eigenvalue weighted by Gasteiger charge is 2.13. The number of nitrogen functional groups attached to an aromatic ring is 1. The lowest BCUT2D eigenvalue weighted by Crippen LogP contribution is -1.96. The summed E-state index contributed by atoms with van der Waals surface area (Å²) in [6.07, 6.45) is 0. The third-order valence-electron chi connectivity index (χ3n) is 2.40. The Kier molecular flexibility index (Phi) is 1.21. The standard InChI is InChI=1S/C10H9N3O/c1-13-10(11)9-8(12-13)6-4-2-3-5-7(6)14-9/h2-5H,11H2,1H3. The van der Waals surface area contributed by atoms with Crippen LogP contribution in [0.15, 0.2) is 28.7 Å². The van der Waals surface area contributed by atoms with Gasteiger partial charge in [0.05, 0.1) is 0 Å². The van der Waals surface area contributed by atoms with Gasteiger partial charge in [0.15, 0.2) is 11.4 Å². The van der Waals surface area contributed by atoms with E-state index in [1.54, 1.807) is 11.7 Å². The molecule has 0 bridgehead atoms. The molecule has 3 aromatic rings. The Labute approximate surface area is 79.9 Å². The van der Waals surface area contributed by atoms with Crippen molar-refractivity contribution in [1.29, 1.82) is 0 Å². The zero-order valence-corrected chi connectivity index (χ0v) is 7.69. The first kappa shape index (κ1) is 7.44. The van der Waals surface area contributed by atoms with Crippen LogP contribution in [0.25, 0.3) is 22.1 Å². The maximum absolute atomic E-state index is 5.81. The van der Waals surface area contributed by atoms with Crippen LogP contribution in [-0.4, -0.2) is 9.78 Å². The van der Waals surface area contributed by atoms with Crippen LogP contribution in [0.5, 0.6) is 0 Å². The van der Waals surface area contributed by atoms with E-state index < -0.39 is 0 Å². The maximum atomic E-state index is 5.81. The minimum atomic E-state index is 0.566. The lowest BCUT2D eigenvalue weighted by Gasteiger charge is -1.91. The number of aromatic nitrogens is 2. The molecule has 2 aromatic heterocycles. The molecule has 2 N–H and O–H groups in total. The van der Waals surface area contributed by atoms with Gasteiger partial charge in [-0.25, -0.2) is 4.68 Å². The first-order chi connectivity index (χ1) is 6.77. The van der Waals surface area contributed by atoms with Gasteiger partial charge >= 0.3 is 0 Å². The Bertz CT molecular complexity index is 621. The number of para-hydroxylation sites is 1. The largest absolute Gasteiger partial charge is 0.450 e. The molecule has 0 fully saturated rings. The van der Waals surface area contributed by atoms with Gasteiger partial charge < -0.3 is 10.2 Å². The molecular formula is C10H9N3O. The van der Waals surface area contributed by atoms with E-state index in [1.807, 2.05) is 24.3 Å². The summed E-state index contributed by atoms with van der Waals surface area (Å²) in [4.78, 5) is 0. The number of furan rings is 1. The monoisotopic (exact) mass is 187 g/mol. The van der Waals surface area contributed by atoms with Crippen molar-refractivity contribution in [1.82, 2.24) is 9.78 Å². The molecule has 0 saturated heterocycles. The number of hydrogen-bond acceptors (Lipinski definition) is 3. The summed E-state index contributed by atoms with van der Waals surface area (Å²) >= 11 is 0. The lowest BCUT2D eigenvalue weighted by molar-refractivity contribution is 0.667. The van der Waals surface area contributed by atoms with Crippen LogP contribution in [-0.2, 0) is 7.05 Å². The summed E-state index contributed by atoms with van der Waals surface area (Å²) in [6.45, 7) is 0. The van der Waals surface area contributed by atoms with E-state index in [4.69, 9.17) is 10.2 Å². The number of fused-ring (bicyclic) bond motifs is 3. The topological polar surface area (TPSA) is 57.0 Å². The van der Waals surface area contributed by atoms with Crippen LogP contribution in [0.2, 0.25) is 0 Å². The van der Waals surface area contributed by atoms with Crippen molar-refractivity contribution in [2.75, 3.05) is 5.73 Å². The van der Waals surface area contributed by atoms with E-state index in [2.05, 4.69) is 5.10 Å². The van der Waals surface area contributed by atoms with Gasteiger partial charge in [0.1, 0.15) is 11.1 Å². The molecule has 0 aliphatic rings. The van der Waals surface area contributed by atoms with Crippen LogP contribution in [0.1, 0.15) is 0 Å². The summed E-state index contributed by atoms with van der Waals surface area (Å²) < 4.78 is 7.22. The van der Waals surface area contributed by atoms with Gasteiger partial charge in [0, 0.05) is 12.4 Å². The third kappa shape index (κ3) is 0.750. The average molecular weight is 187 g/mol. The molecule has 0 saturated carbocycles. The first-order valence-corrected chi connectivity index (χ1v) is 4.37. The molecule has 0 atom stereocenters. The zero-order valence-electron chi connectivity index (χ0n) is 7.69. The predicted molar refractivity (Wildman–Crippen MR) is 54.9 cm³/mol. The Morgan fingerprint density at radius 2 is 2.14 bits per heavy atom. The minimum Gasteiger partial charge on any atom is -0.450 e. The summed E-state index contributed by atoms with van der Waals surface area (Å²) in [6, 6.07) is 7.78. The molecule has 0 spiro atoms. The fraction of sp³-hybridized carbons (Fsp3) is 0.100. The molecule has 3 rings (SSSR count). The second kappa shape index (κ2) is 2.29. The van der Waals surface area contributed by atoms with Gasteiger partial charge in [0.2, 0.25) is 0 Å². The number of aryl methyl sites for hydroxylation is 1. The van der Waals surface area contributed by atoms with E-state index in [-0.39, 0.29) is 0 Å². The van der Waals surface area contributed by atoms with E-state index in [0.717, 1.165) is 16.5 Å². The molecule has 0 radical (unpaired) electrons. The van der Waals surface area contributed by atoms with E-state index in [1.165, 1.54) is 0 Å². The molecule has 0 unspecified atom stereocenters. The van der Waals surface area contributed by atoms with Gasteiger partial charge in [-0.05, 0) is 12.1 Å². The Morgan fingerprint density at radius 3 is 3.00 bits per heavy atom. The number of anilines is 1. The number of hydrogen-bond donors (Lipinski definition) is 1. The fourth-order valence-corrected chi connectivity index (χ4v) is 1.66. The van der Waals surface area contributed by atoms with Gasteiger partial charge in [0.25, 0.3) is 0 Å². The molecule has 4 nitrogen and oxygen atoms in total. The highest BCUT2D eigenvalue weighted by Crippen LogP contribution is 2.30. The van der Waals surface area contributed by atoms with Crippen molar-refractivity contribution in [3.8, 4) is 0 Å². The third-order valence-corrected chi connectivity index (χ3v) is 2.40. The van der Waals surface area contributed by atoms with Crippen LogP contribution in [0.3, 0.4) is 0 Å². The minimum absolute atomic E-state index is 0.566. The molecular weight excluding hydrogens is 178 g/mol. The van der Waals surface area contributed by atoms with Crippen molar-refractivity contribution in [2.24, 2.45) is 7.05 Å². The van der Waals surface area contributed by atoms with Gasteiger partial charge in [-0.3, -0.25) is 0 Å². The number of benzene rings is 1. The summed E-state index contributed by atoms with van der Waals surface area (Å²) in [5.74, 6) is 0.566. The molecule has 0 aliphatic heterocycles. The highest BCUT2D eigenvalue weighted by atomic mass is 16.3. The molecule has 4 heteroatoms. The van der Waals surface area contributed by atoms with E-state index >= 15 is 0 Å². The van der Waals surface area contributed by atoms with Crippen molar-refractivity contribution < 1.29 is 4.42 Å². The molecule has 2 heterocycles. The second-order valence-electron chi connectivity index (χ2n) is 3.28. The average Bonchev–Trinajstić information content (AvgIpc) is 2.67. The number of nitrogens with zero attached hydrogens (tertiary/aromatic N) is 2. The number of nitrogens with two attached hydrogens (primary N) is 1. The van der Waals surface area contributed by atoms with Crippen molar-refractivity contribution >= 4 is 27.9 Å². The van der Waals surface area contributed by atoms with Crippen LogP contribution < -0.4 is 5.73 Å². The fourth-order valence-electron chi connectivity index (χ4n) is 1.66. The Balaban J connectivity index is 2.60. The highest BCUT2D eigenvalue weighted by molar-refractivity contribution is 6.05. The maximum Gasteiger partial charge on any atom is 0.197 e. The normalized spacial score (nSPS) is 11.5. The molecule has 1 aromatic carbocycles. The Hall–Kier alpha value is -1.97. The van der Waals surface area contributed by atoms with Gasteiger partial charge in [-0.2, -0.15) is 5.10 Å². The smallest absolute Gasteiger partial charge is 0.197 e. The second-order valence-corrected chi connectivity index (χ2v) is 3.28. The summed E-state index contributed by atoms with van der Waals surface area (Å²) in [5.41, 5.74) is 8.15. The zero-order chi connectivity index (χ0) is 9.71. The molecule has 70 valence electrons. The van der Waals surface area contributed by atoms with Gasteiger partial charge in [-0.15, -0.1) is 0 Å². The summed E-state index contributed by atoms with van der Waals surface area (Å²) in [5, 5.41) is 5.31. The van der Waals surface area contributed by atoms with Gasteiger partial charge in [-0.1, -0.05) is 12.1 Å². The van der Waals surface area contributed by atoms with Crippen molar-refractivity contribution in [3.63, 3.8) is 0 Å². The van der Waals surface area contributed by atoms with Crippen LogP contribution >= 0.6 is 0 Å². The predicted octanol–water partition coefficient (Wildman–Crippen LogP) is 1.90. The Morgan fingerprint density at radius 1 is 1.36 bits per heavy atom. The quantitative estimate of drug-likeness (QED) is 0.584. The van der Waals surface area contributed by atoms with Crippen LogP contribution in [0, 0.1) is 0 Å². The first-order valence-electron chi connectivity index (χ1n) is 4.37. The lowest BCUT2D eigenvalue weighted by atomic mass is 10.2. The van der Waals surface area contributed by atoms with E-state index in [0.29, 0.717) is 11.4 Å². The van der Waals surface area contributed by atoms with Crippen molar-refractivity contribution in [3.05, 3.63) is 24.3 Å².